The first-order chi connectivity index (χ1) is 4.41. The second-order valence-corrected chi connectivity index (χ2v) is 2.47. The van der Waals surface area contributed by atoms with Gasteiger partial charge in [-0.1, -0.05) is 0 Å². The van der Waals surface area contributed by atoms with Gasteiger partial charge >= 0.3 is 0 Å². The summed E-state index contributed by atoms with van der Waals surface area (Å²) < 4.78 is 0. The van der Waals surface area contributed by atoms with Crippen LogP contribution in [-0.4, -0.2) is 17.4 Å². The maximum atomic E-state index is 10.9. The molecule has 0 fully saturated rings. The van der Waals surface area contributed by atoms with Crippen LogP contribution < -0.4 is 11.5 Å². The lowest BCUT2D eigenvalue weighted by atomic mass is 9.95. The molecule has 0 aliphatic carbocycles. The summed E-state index contributed by atoms with van der Waals surface area (Å²) in [6.45, 7) is 2.85. The summed E-state index contributed by atoms with van der Waals surface area (Å²) in [5, 5.41) is 8.36. The third-order valence-corrected chi connectivity index (χ3v) is 1.16. The molecule has 0 saturated carbocycles. The largest absolute Gasteiger partial charge is 0.322 e. The Balaban J connectivity index is 4.38. The first-order valence-corrected chi connectivity index (χ1v) is 2.92. The quantitative estimate of drug-likeness (QED) is 0.523. The molecular weight excluding hydrogens is 130 g/mol. The molecule has 0 aromatic rings. The number of nitrogens with two attached hydrogens (primary N) is 2. The summed E-state index contributed by atoms with van der Waals surface area (Å²) in [4.78, 5) is 10.9. The Hall–Kier alpha value is -0.920. The standard InChI is InChI=1S/C6H11N3O/c1-4(8)5(10)6(2,9)3-7/h4H,8-9H2,1-2H3/t4-,6?/m0/s1. The highest BCUT2D eigenvalue weighted by Gasteiger charge is 2.29. The molecule has 0 aromatic heterocycles. The summed E-state index contributed by atoms with van der Waals surface area (Å²) >= 11 is 0. The van der Waals surface area contributed by atoms with Crippen LogP contribution in [0.1, 0.15) is 13.8 Å². The monoisotopic (exact) mass is 141 g/mol. The van der Waals surface area contributed by atoms with Crippen LogP contribution in [0.15, 0.2) is 0 Å². The fraction of sp³-hybridized carbons (Fsp3) is 0.667. The molecule has 0 rings (SSSR count). The topological polar surface area (TPSA) is 92.9 Å². The van der Waals surface area contributed by atoms with Gasteiger partial charge in [0.15, 0.2) is 11.3 Å². The SMILES string of the molecule is C[C@H](N)C(=O)C(C)(N)C#N. The highest BCUT2D eigenvalue weighted by molar-refractivity contribution is 5.94. The summed E-state index contributed by atoms with van der Waals surface area (Å²) in [6, 6.07) is 0.999. The van der Waals surface area contributed by atoms with E-state index in [1.54, 1.807) is 6.07 Å². The van der Waals surface area contributed by atoms with Gasteiger partial charge in [0.1, 0.15) is 0 Å². The van der Waals surface area contributed by atoms with Crippen LogP contribution >= 0.6 is 0 Å². The summed E-state index contributed by atoms with van der Waals surface area (Å²) in [5.41, 5.74) is 9.05. The average molecular weight is 141 g/mol. The number of carbonyl (C=O) groups excluding carboxylic acids is 1. The number of nitrogens with zero attached hydrogens (tertiary/aromatic N) is 1. The van der Waals surface area contributed by atoms with Gasteiger partial charge in [-0.15, -0.1) is 0 Å². The van der Waals surface area contributed by atoms with Crippen molar-refractivity contribution in [3.05, 3.63) is 0 Å². The van der Waals surface area contributed by atoms with Gasteiger partial charge in [0.05, 0.1) is 12.1 Å². The van der Waals surface area contributed by atoms with E-state index >= 15 is 0 Å². The van der Waals surface area contributed by atoms with E-state index in [-0.39, 0.29) is 0 Å². The normalized spacial score (nSPS) is 18.7. The second-order valence-electron chi connectivity index (χ2n) is 2.47. The fourth-order valence-corrected chi connectivity index (χ4v) is 0.528. The van der Waals surface area contributed by atoms with Gasteiger partial charge in [-0.3, -0.25) is 4.79 Å². The van der Waals surface area contributed by atoms with E-state index in [9.17, 15) is 4.79 Å². The van der Waals surface area contributed by atoms with Crippen LogP contribution in [0.4, 0.5) is 0 Å². The molecule has 0 bridgehead atoms. The van der Waals surface area contributed by atoms with Crippen LogP contribution in [0.2, 0.25) is 0 Å². The Morgan fingerprint density at radius 2 is 2.20 bits per heavy atom. The number of hydrogen-bond donors (Lipinski definition) is 2. The van der Waals surface area contributed by atoms with Crippen molar-refractivity contribution < 1.29 is 4.79 Å². The molecule has 0 spiro atoms. The van der Waals surface area contributed by atoms with Crippen molar-refractivity contribution in [2.75, 3.05) is 0 Å². The molecule has 0 aliphatic rings. The minimum Gasteiger partial charge on any atom is -0.322 e. The zero-order valence-electron chi connectivity index (χ0n) is 6.09. The van der Waals surface area contributed by atoms with Gasteiger partial charge in [0.25, 0.3) is 0 Å². The van der Waals surface area contributed by atoms with Crippen molar-refractivity contribution in [2.24, 2.45) is 11.5 Å². The number of hydrogen-bond acceptors (Lipinski definition) is 4. The Kier molecular flexibility index (Phi) is 2.52. The van der Waals surface area contributed by atoms with E-state index in [1.807, 2.05) is 0 Å². The Bertz CT molecular complexity index is 178. The van der Waals surface area contributed by atoms with Gasteiger partial charge < -0.3 is 11.5 Å². The first-order valence-electron chi connectivity index (χ1n) is 2.92. The Morgan fingerprint density at radius 1 is 1.80 bits per heavy atom. The maximum Gasteiger partial charge on any atom is 0.183 e. The highest BCUT2D eigenvalue weighted by atomic mass is 16.1. The summed E-state index contributed by atoms with van der Waals surface area (Å²) in [6.07, 6.45) is 0. The molecule has 2 atom stereocenters. The minimum absolute atomic E-state index is 0.435. The third-order valence-electron chi connectivity index (χ3n) is 1.16. The number of carbonyl (C=O) groups is 1. The molecule has 0 aromatic carbocycles. The lowest BCUT2D eigenvalue weighted by molar-refractivity contribution is -0.122. The lowest BCUT2D eigenvalue weighted by Gasteiger charge is -2.15. The number of Topliss-reactive ketones (excluding diaryl/α,β-unsaturated/α-hetero) is 1. The Morgan fingerprint density at radius 3 is 2.30 bits per heavy atom. The van der Waals surface area contributed by atoms with Crippen molar-refractivity contribution in [1.82, 2.24) is 0 Å². The summed E-state index contributed by atoms with van der Waals surface area (Å²) in [5.74, 6) is -0.435. The molecule has 56 valence electrons. The van der Waals surface area contributed by atoms with E-state index in [4.69, 9.17) is 16.7 Å². The van der Waals surface area contributed by atoms with Crippen LogP contribution in [0, 0.1) is 11.3 Å². The molecule has 4 N–H and O–H groups in total. The second kappa shape index (κ2) is 2.78. The molecule has 0 radical (unpaired) electrons. The van der Waals surface area contributed by atoms with Gasteiger partial charge in [-0.05, 0) is 13.8 Å². The molecule has 4 nitrogen and oxygen atoms in total. The molecule has 0 saturated heterocycles. The van der Waals surface area contributed by atoms with Gasteiger partial charge in [-0.2, -0.15) is 5.26 Å². The Labute approximate surface area is 59.8 Å². The minimum atomic E-state index is -1.44. The molecule has 4 heteroatoms. The molecule has 0 heterocycles. The molecule has 0 aliphatic heterocycles. The first kappa shape index (κ1) is 9.08. The van der Waals surface area contributed by atoms with Gasteiger partial charge in [0, 0.05) is 0 Å². The smallest absolute Gasteiger partial charge is 0.183 e. The zero-order valence-corrected chi connectivity index (χ0v) is 6.09. The molecular formula is C6H11N3O. The van der Waals surface area contributed by atoms with Crippen molar-refractivity contribution in [1.29, 1.82) is 5.26 Å². The number of rotatable bonds is 2. The van der Waals surface area contributed by atoms with Gasteiger partial charge in [0.2, 0.25) is 0 Å². The van der Waals surface area contributed by atoms with Crippen LogP contribution in [0.25, 0.3) is 0 Å². The van der Waals surface area contributed by atoms with Crippen molar-refractivity contribution in [2.45, 2.75) is 25.4 Å². The highest BCUT2D eigenvalue weighted by Crippen LogP contribution is 2.00. The number of ketones is 1. The predicted molar refractivity (Wildman–Crippen MR) is 36.9 cm³/mol. The van der Waals surface area contributed by atoms with E-state index in [2.05, 4.69) is 0 Å². The maximum absolute atomic E-state index is 10.9. The summed E-state index contributed by atoms with van der Waals surface area (Å²) in [7, 11) is 0. The molecule has 0 amide bonds. The average Bonchev–Trinajstić information content (AvgIpc) is 1.86. The molecule has 1 unspecified atom stereocenters. The van der Waals surface area contributed by atoms with E-state index in [1.165, 1.54) is 13.8 Å². The fourth-order valence-electron chi connectivity index (χ4n) is 0.528. The van der Waals surface area contributed by atoms with Crippen molar-refractivity contribution in [3.8, 4) is 6.07 Å². The lowest BCUT2D eigenvalue weighted by Crippen LogP contribution is -2.50. The molecule has 10 heavy (non-hydrogen) atoms. The van der Waals surface area contributed by atoms with Crippen molar-refractivity contribution in [3.63, 3.8) is 0 Å². The third kappa shape index (κ3) is 1.79. The predicted octanol–water partition coefficient (Wildman–Crippen LogP) is -0.856. The van der Waals surface area contributed by atoms with Crippen LogP contribution in [0.3, 0.4) is 0 Å². The zero-order chi connectivity index (χ0) is 8.36. The van der Waals surface area contributed by atoms with E-state index < -0.39 is 17.4 Å². The van der Waals surface area contributed by atoms with Crippen LogP contribution in [0.5, 0.6) is 0 Å². The van der Waals surface area contributed by atoms with Gasteiger partial charge in [-0.25, -0.2) is 0 Å². The number of nitriles is 1. The van der Waals surface area contributed by atoms with Crippen LogP contribution in [-0.2, 0) is 4.79 Å². The van der Waals surface area contributed by atoms with E-state index in [0.29, 0.717) is 0 Å². The van der Waals surface area contributed by atoms with E-state index in [0.717, 1.165) is 0 Å². The van der Waals surface area contributed by atoms with Crippen molar-refractivity contribution >= 4 is 5.78 Å².